The topological polar surface area (TPSA) is 9.23 Å². The number of rotatable bonds is 11. The van der Waals surface area contributed by atoms with Gasteiger partial charge in [-0.1, -0.05) is 84.0 Å². The zero-order valence-electron chi connectivity index (χ0n) is 18.6. The van der Waals surface area contributed by atoms with E-state index >= 15 is 0 Å². The summed E-state index contributed by atoms with van der Waals surface area (Å²) in [7, 11) is 1.99. The number of hydrogen-bond acceptors (Lipinski definition) is 1. The predicted molar refractivity (Wildman–Crippen MR) is 115 cm³/mol. The largest absolute Gasteiger partial charge is 0.378 e. The van der Waals surface area contributed by atoms with E-state index in [1.54, 1.807) is 0 Å². The van der Waals surface area contributed by atoms with Crippen molar-refractivity contribution in [3.05, 3.63) is 0 Å². The third-order valence-electron chi connectivity index (χ3n) is 8.24. The van der Waals surface area contributed by atoms with Crippen molar-refractivity contribution in [1.29, 1.82) is 0 Å². The summed E-state index contributed by atoms with van der Waals surface area (Å²) in [5.74, 6) is 1.79. The second-order valence-electron chi connectivity index (χ2n) is 9.94. The molecule has 2 fully saturated rings. The van der Waals surface area contributed by atoms with Crippen molar-refractivity contribution in [2.45, 2.75) is 136 Å². The average Bonchev–Trinajstić information content (AvgIpc) is 2.69. The van der Waals surface area contributed by atoms with E-state index in [9.17, 15) is 0 Å². The average molecular weight is 365 g/mol. The molecule has 1 nitrogen and oxygen atoms in total. The number of ether oxygens (including phenoxy) is 1. The van der Waals surface area contributed by atoms with Crippen molar-refractivity contribution < 1.29 is 4.74 Å². The lowest BCUT2D eigenvalue weighted by Gasteiger charge is -2.57. The smallest absolute Gasteiger partial charge is 0.0683 e. The van der Waals surface area contributed by atoms with Crippen molar-refractivity contribution in [3.63, 3.8) is 0 Å². The molecule has 2 aliphatic carbocycles. The highest BCUT2D eigenvalue weighted by atomic mass is 16.5. The van der Waals surface area contributed by atoms with Crippen molar-refractivity contribution in [3.8, 4) is 0 Å². The van der Waals surface area contributed by atoms with Gasteiger partial charge >= 0.3 is 0 Å². The van der Waals surface area contributed by atoms with Crippen LogP contribution in [0.1, 0.15) is 130 Å². The predicted octanol–water partition coefficient (Wildman–Crippen LogP) is 8.31. The zero-order chi connectivity index (χ0) is 18.9. The first-order valence-corrected chi connectivity index (χ1v) is 12.1. The first-order chi connectivity index (χ1) is 12.6. The van der Waals surface area contributed by atoms with Gasteiger partial charge in [0.2, 0.25) is 0 Å². The molecule has 0 amide bonds. The van der Waals surface area contributed by atoms with Gasteiger partial charge in [0.25, 0.3) is 0 Å². The quantitative estimate of drug-likeness (QED) is 0.335. The third kappa shape index (κ3) is 5.27. The molecule has 0 bridgehead atoms. The lowest BCUT2D eigenvalue weighted by Crippen LogP contribution is -2.55. The van der Waals surface area contributed by atoms with Crippen LogP contribution in [0.15, 0.2) is 0 Å². The van der Waals surface area contributed by atoms with Crippen molar-refractivity contribution >= 4 is 0 Å². The zero-order valence-corrected chi connectivity index (χ0v) is 18.6. The van der Waals surface area contributed by atoms with Crippen LogP contribution in [0.5, 0.6) is 0 Å². The molecular formula is C25H48O. The molecule has 26 heavy (non-hydrogen) atoms. The van der Waals surface area contributed by atoms with Crippen LogP contribution in [0, 0.1) is 17.3 Å². The molecule has 0 aromatic carbocycles. The van der Waals surface area contributed by atoms with Crippen molar-refractivity contribution in [2.75, 3.05) is 7.11 Å². The van der Waals surface area contributed by atoms with Crippen LogP contribution < -0.4 is 0 Å². The maximum atomic E-state index is 6.31. The Labute approximate surface area is 165 Å². The molecule has 2 saturated carbocycles. The van der Waals surface area contributed by atoms with Crippen LogP contribution in [0.2, 0.25) is 0 Å². The van der Waals surface area contributed by atoms with Crippen LogP contribution in [0.4, 0.5) is 0 Å². The molecule has 2 rings (SSSR count). The normalized spacial score (nSPS) is 21.2. The Bertz CT molecular complexity index is 342. The SMILES string of the molecule is CCCCCCCCC(C1CCCCC1)(C1CCCCC1)C(C)(C)OC. The summed E-state index contributed by atoms with van der Waals surface area (Å²) in [5.41, 5.74) is 0.424. The molecule has 0 radical (unpaired) electrons. The monoisotopic (exact) mass is 364 g/mol. The van der Waals surface area contributed by atoms with E-state index < -0.39 is 0 Å². The van der Waals surface area contributed by atoms with Crippen LogP contribution in [0.3, 0.4) is 0 Å². The lowest BCUT2D eigenvalue weighted by molar-refractivity contribution is -0.166. The molecule has 0 aliphatic heterocycles. The van der Waals surface area contributed by atoms with Gasteiger partial charge in [-0.15, -0.1) is 0 Å². The van der Waals surface area contributed by atoms with Gasteiger partial charge < -0.3 is 4.74 Å². The molecular weight excluding hydrogens is 316 g/mol. The Hall–Kier alpha value is -0.0400. The summed E-state index contributed by atoms with van der Waals surface area (Å²) in [6, 6.07) is 0. The second-order valence-corrected chi connectivity index (χ2v) is 9.94. The summed E-state index contributed by atoms with van der Waals surface area (Å²) < 4.78 is 6.31. The molecule has 154 valence electrons. The number of hydrogen-bond donors (Lipinski definition) is 0. The third-order valence-corrected chi connectivity index (χ3v) is 8.24. The fourth-order valence-electron chi connectivity index (χ4n) is 6.65. The molecule has 1 heteroatoms. The maximum absolute atomic E-state index is 6.31. The molecule has 0 saturated heterocycles. The minimum atomic E-state index is 0.0143. The molecule has 0 unspecified atom stereocenters. The van der Waals surface area contributed by atoms with Gasteiger partial charge in [-0.3, -0.25) is 0 Å². The van der Waals surface area contributed by atoms with Crippen LogP contribution in [0.25, 0.3) is 0 Å². The van der Waals surface area contributed by atoms with E-state index in [-0.39, 0.29) is 5.60 Å². The Morgan fingerprint density at radius 1 is 0.692 bits per heavy atom. The fourth-order valence-corrected chi connectivity index (χ4v) is 6.65. The highest BCUT2D eigenvalue weighted by Gasteiger charge is 2.54. The first-order valence-electron chi connectivity index (χ1n) is 12.1. The Morgan fingerprint density at radius 2 is 1.15 bits per heavy atom. The molecule has 2 aliphatic rings. The summed E-state index contributed by atoms with van der Waals surface area (Å²) >= 11 is 0. The first kappa shape index (κ1) is 22.3. The Morgan fingerprint density at radius 3 is 1.62 bits per heavy atom. The summed E-state index contributed by atoms with van der Waals surface area (Å²) in [6.45, 7) is 7.19. The second kappa shape index (κ2) is 11.1. The van der Waals surface area contributed by atoms with Gasteiger partial charge in [-0.25, -0.2) is 0 Å². The van der Waals surface area contributed by atoms with Gasteiger partial charge in [-0.2, -0.15) is 0 Å². The lowest BCUT2D eigenvalue weighted by atomic mass is 9.51. The molecule has 0 atom stereocenters. The standard InChI is InChI=1S/C25H48O/c1-5-6-7-8-9-16-21-25(24(2,3)26-4,22-17-12-10-13-18-22)23-19-14-11-15-20-23/h22-23H,5-21H2,1-4H3. The Kier molecular flexibility index (Phi) is 9.48. The fraction of sp³-hybridized carbons (Fsp3) is 1.00. The van der Waals surface area contributed by atoms with Crippen LogP contribution in [-0.4, -0.2) is 12.7 Å². The highest BCUT2D eigenvalue weighted by molar-refractivity contribution is 5.04. The number of unbranched alkanes of at least 4 members (excludes halogenated alkanes) is 5. The molecule has 0 aromatic heterocycles. The van der Waals surface area contributed by atoms with Gasteiger partial charge in [-0.05, 0) is 57.8 Å². The van der Waals surface area contributed by atoms with E-state index in [0.29, 0.717) is 5.41 Å². The van der Waals surface area contributed by atoms with Crippen LogP contribution >= 0.6 is 0 Å². The van der Waals surface area contributed by atoms with E-state index in [1.807, 2.05) is 7.11 Å². The van der Waals surface area contributed by atoms with E-state index in [2.05, 4.69) is 20.8 Å². The van der Waals surface area contributed by atoms with Crippen LogP contribution in [-0.2, 0) is 4.74 Å². The van der Waals surface area contributed by atoms with E-state index in [4.69, 9.17) is 4.74 Å². The minimum absolute atomic E-state index is 0.0143. The van der Waals surface area contributed by atoms with E-state index in [0.717, 1.165) is 11.8 Å². The summed E-state index contributed by atoms with van der Waals surface area (Å²) in [4.78, 5) is 0. The van der Waals surface area contributed by atoms with E-state index in [1.165, 1.54) is 109 Å². The minimum Gasteiger partial charge on any atom is -0.378 e. The summed E-state index contributed by atoms with van der Waals surface area (Å²) in [5, 5.41) is 0. The Balaban J connectivity index is 2.17. The molecule has 0 aromatic rings. The molecule has 0 N–H and O–H groups in total. The number of methoxy groups -OCH3 is 1. The van der Waals surface area contributed by atoms with Gasteiger partial charge in [0.1, 0.15) is 0 Å². The van der Waals surface area contributed by atoms with Crippen molar-refractivity contribution in [2.24, 2.45) is 17.3 Å². The maximum Gasteiger partial charge on any atom is 0.0683 e. The molecule has 0 heterocycles. The van der Waals surface area contributed by atoms with Gasteiger partial charge in [0.15, 0.2) is 0 Å². The molecule has 0 spiro atoms. The highest BCUT2D eigenvalue weighted by Crippen LogP contribution is 2.58. The van der Waals surface area contributed by atoms with Crippen molar-refractivity contribution in [1.82, 2.24) is 0 Å². The van der Waals surface area contributed by atoms with Gasteiger partial charge in [0, 0.05) is 12.5 Å². The van der Waals surface area contributed by atoms with Gasteiger partial charge in [0.05, 0.1) is 5.60 Å². The summed E-state index contributed by atoms with van der Waals surface area (Å²) in [6.07, 6.45) is 24.5.